The van der Waals surface area contributed by atoms with Crippen LogP contribution in [-0.4, -0.2) is 69.0 Å². The van der Waals surface area contributed by atoms with Crippen LogP contribution in [-0.2, 0) is 47.7 Å². The molecular weight excluding hydrogens is 596 g/mol. The molecule has 2 aromatic rings. The summed E-state index contributed by atoms with van der Waals surface area (Å²) in [6.45, 7) is 0. The molecule has 11 nitrogen and oxygen atoms in total. The van der Waals surface area contributed by atoms with Gasteiger partial charge in [-0.05, 0) is 35.8 Å². The van der Waals surface area contributed by atoms with Crippen molar-refractivity contribution < 1.29 is 52.8 Å². The van der Waals surface area contributed by atoms with Crippen LogP contribution >= 0.6 is 11.6 Å². The standard InChI is InChI=1S/C32H31ClO11/c1-40-28(35)23-21-16-20(18-8-6-5-7-9-18)24(29(36)41-2)32(39,25(21)30(37)42-3)26(31(38)43-4)27(23)44-22(34)15-12-17-10-13-19(33)14-11-17/h5-15,20-21,24-26,39H,16H2,1-4H3/t20-,21-,24+,25+,26?,32+/m0/s1. The van der Waals surface area contributed by atoms with Gasteiger partial charge in [-0.15, -0.1) is 0 Å². The summed E-state index contributed by atoms with van der Waals surface area (Å²) in [5.74, 6) is -13.2. The third-order valence-corrected chi connectivity index (χ3v) is 8.39. The van der Waals surface area contributed by atoms with E-state index < -0.39 is 70.8 Å². The lowest BCUT2D eigenvalue weighted by Gasteiger charge is -2.55. The Labute approximate surface area is 258 Å². The fourth-order valence-corrected chi connectivity index (χ4v) is 6.46. The lowest BCUT2D eigenvalue weighted by Crippen LogP contribution is -2.68. The van der Waals surface area contributed by atoms with Crippen molar-refractivity contribution in [2.45, 2.75) is 17.9 Å². The van der Waals surface area contributed by atoms with E-state index in [-0.39, 0.29) is 12.0 Å². The molecule has 0 heterocycles. The molecule has 2 bridgehead atoms. The van der Waals surface area contributed by atoms with Gasteiger partial charge in [-0.1, -0.05) is 54.1 Å². The number of esters is 5. The Morgan fingerprint density at radius 2 is 1.36 bits per heavy atom. The molecule has 2 aliphatic rings. The fourth-order valence-electron chi connectivity index (χ4n) is 6.33. The number of methoxy groups -OCH3 is 4. The van der Waals surface area contributed by atoms with Gasteiger partial charge in [0.05, 0.1) is 45.8 Å². The SMILES string of the molecule is COC(=O)C1=C(OC(=O)C=Cc2ccc(Cl)cc2)C(C(=O)OC)[C@]2(O)[C@@H](C(=O)OC)[C@H]1C[C@@H](c1ccccc1)[C@@H]2C(=O)OC. The lowest BCUT2D eigenvalue weighted by molar-refractivity contribution is -0.208. The summed E-state index contributed by atoms with van der Waals surface area (Å²) in [7, 11) is 4.24. The molecule has 0 radical (unpaired) electrons. The van der Waals surface area contributed by atoms with Crippen LogP contribution in [0.5, 0.6) is 0 Å². The zero-order chi connectivity index (χ0) is 32.2. The highest BCUT2D eigenvalue weighted by atomic mass is 35.5. The van der Waals surface area contributed by atoms with Gasteiger partial charge in [0.25, 0.3) is 0 Å². The predicted molar refractivity (Wildman–Crippen MR) is 154 cm³/mol. The summed E-state index contributed by atoms with van der Waals surface area (Å²) < 4.78 is 25.8. The molecule has 2 aromatic carbocycles. The Hall–Kier alpha value is -4.48. The average Bonchev–Trinajstić information content (AvgIpc) is 3.03. The molecule has 1 N–H and O–H groups in total. The fraction of sp³-hybridized carbons (Fsp3) is 0.344. The second-order valence-electron chi connectivity index (χ2n) is 10.3. The molecule has 0 amide bonds. The first-order valence-corrected chi connectivity index (χ1v) is 13.9. The highest BCUT2D eigenvalue weighted by Crippen LogP contribution is 2.60. The number of benzene rings is 2. The zero-order valence-electron chi connectivity index (χ0n) is 24.4. The smallest absolute Gasteiger partial charge is 0.337 e. The number of rotatable bonds is 8. The number of carbonyl (C=O) groups is 5. The molecular formula is C32H31ClO11. The van der Waals surface area contributed by atoms with Gasteiger partial charge in [0.2, 0.25) is 0 Å². The van der Waals surface area contributed by atoms with Crippen LogP contribution < -0.4 is 0 Å². The minimum absolute atomic E-state index is 0.0914. The molecule has 44 heavy (non-hydrogen) atoms. The number of hydrogen-bond acceptors (Lipinski definition) is 11. The minimum Gasteiger partial charge on any atom is -0.469 e. The van der Waals surface area contributed by atoms with Gasteiger partial charge in [-0.3, -0.25) is 14.4 Å². The van der Waals surface area contributed by atoms with Gasteiger partial charge < -0.3 is 28.8 Å². The molecule has 0 aromatic heterocycles. The van der Waals surface area contributed by atoms with E-state index in [4.69, 9.17) is 35.3 Å². The largest absolute Gasteiger partial charge is 0.469 e. The van der Waals surface area contributed by atoms with Crippen molar-refractivity contribution in [3.63, 3.8) is 0 Å². The van der Waals surface area contributed by atoms with Gasteiger partial charge in [-0.2, -0.15) is 0 Å². The Kier molecular flexibility index (Phi) is 9.91. The van der Waals surface area contributed by atoms with E-state index in [1.54, 1.807) is 54.6 Å². The van der Waals surface area contributed by atoms with Gasteiger partial charge in [0.1, 0.15) is 17.3 Å². The van der Waals surface area contributed by atoms with Crippen molar-refractivity contribution in [3.8, 4) is 0 Å². The summed E-state index contributed by atoms with van der Waals surface area (Å²) >= 11 is 5.92. The van der Waals surface area contributed by atoms with E-state index >= 15 is 0 Å². The second kappa shape index (κ2) is 13.4. The molecule has 2 aliphatic carbocycles. The van der Waals surface area contributed by atoms with E-state index in [0.717, 1.165) is 34.5 Å². The molecule has 0 spiro atoms. The molecule has 232 valence electrons. The van der Waals surface area contributed by atoms with E-state index in [0.29, 0.717) is 16.1 Å². The van der Waals surface area contributed by atoms with E-state index in [2.05, 4.69) is 0 Å². The normalized spacial score (nSPS) is 26.0. The van der Waals surface area contributed by atoms with E-state index in [9.17, 15) is 29.1 Å². The summed E-state index contributed by atoms with van der Waals surface area (Å²) in [6, 6.07) is 15.1. The molecule has 1 saturated carbocycles. The quantitative estimate of drug-likeness (QED) is 0.261. The minimum atomic E-state index is -2.65. The van der Waals surface area contributed by atoms with Crippen LogP contribution in [0.3, 0.4) is 0 Å². The van der Waals surface area contributed by atoms with Crippen LogP contribution in [0.2, 0.25) is 5.02 Å². The van der Waals surface area contributed by atoms with Crippen LogP contribution in [0.15, 0.2) is 72.0 Å². The van der Waals surface area contributed by atoms with Gasteiger partial charge in [0.15, 0.2) is 0 Å². The number of hydrogen-bond donors (Lipinski definition) is 1. The van der Waals surface area contributed by atoms with Gasteiger partial charge in [0, 0.05) is 22.9 Å². The van der Waals surface area contributed by atoms with Crippen LogP contribution in [0.1, 0.15) is 23.5 Å². The molecule has 4 rings (SSSR count). The van der Waals surface area contributed by atoms with Gasteiger partial charge >= 0.3 is 29.8 Å². The lowest BCUT2D eigenvalue weighted by atomic mass is 9.49. The van der Waals surface area contributed by atoms with E-state index in [1.165, 1.54) is 6.08 Å². The maximum atomic E-state index is 13.6. The second-order valence-corrected chi connectivity index (χ2v) is 10.7. The Balaban J connectivity index is 1.98. The molecule has 0 aliphatic heterocycles. The Morgan fingerprint density at radius 1 is 0.795 bits per heavy atom. The van der Waals surface area contributed by atoms with Crippen LogP contribution in [0.4, 0.5) is 0 Å². The van der Waals surface area contributed by atoms with Crippen molar-refractivity contribution in [1.82, 2.24) is 0 Å². The first-order chi connectivity index (χ1) is 21.0. The summed E-state index contributed by atoms with van der Waals surface area (Å²) in [4.78, 5) is 67.1. The Bertz CT molecular complexity index is 1500. The predicted octanol–water partition coefficient (Wildman–Crippen LogP) is 3.24. The van der Waals surface area contributed by atoms with Crippen molar-refractivity contribution in [2.24, 2.45) is 23.7 Å². The Morgan fingerprint density at radius 3 is 1.91 bits per heavy atom. The third kappa shape index (κ3) is 5.85. The van der Waals surface area contributed by atoms with Gasteiger partial charge in [-0.25, -0.2) is 9.59 Å². The number of ether oxygens (including phenoxy) is 5. The van der Waals surface area contributed by atoms with Crippen molar-refractivity contribution in [1.29, 1.82) is 0 Å². The van der Waals surface area contributed by atoms with Crippen molar-refractivity contribution >= 4 is 47.5 Å². The number of aliphatic hydroxyl groups is 1. The maximum absolute atomic E-state index is 13.6. The summed E-state index contributed by atoms with van der Waals surface area (Å²) in [5, 5.41) is 13.2. The number of halogens is 1. The molecule has 12 heteroatoms. The molecule has 1 fully saturated rings. The summed E-state index contributed by atoms with van der Waals surface area (Å²) in [6.07, 6.45) is 2.35. The van der Waals surface area contributed by atoms with Crippen LogP contribution in [0, 0.1) is 23.7 Å². The van der Waals surface area contributed by atoms with E-state index in [1.807, 2.05) is 0 Å². The topological polar surface area (TPSA) is 152 Å². The zero-order valence-corrected chi connectivity index (χ0v) is 25.1. The molecule has 6 atom stereocenters. The van der Waals surface area contributed by atoms with Crippen molar-refractivity contribution in [3.05, 3.63) is 88.2 Å². The molecule has 1 unspecified atom stereocenters. The first kappa shape index (κ1) is 32.4. The number of fused-ring (bicyclic) bond motifs is 2. The average molecular weight is 627 g/mol. The highest BCUT2D eigenvalue weighted by Gasteiger charge is 2.71. The monoisotopic (exact) mass is 626 g/mol. The maximum Gasteiger partial charge on any atom is 0.337 e. The van der Waals surface area contributed by atoms with Crippen LogP contribution in [0.25, 0.3) is 6.08 Å². The third-order valence-electron chi connectivity index (χ3n) is 8.14. The number of carbonyl (C=O) groups excluding carboxylic acids is 5. The van der Waals surface area contributed by atoms with Crippen molar-refractivity contribution in [2.75, 3.05) is 28.4 Å². The molecule has 0 saturated heterocycles. The highest BCUT2D eigenvalue weighted by molar-refractivity contribution is 6.30. The first-order valence-electron chi connectivity index (χ1n) is 13.5. The summed E-state index contributed by atoms with van der Waals surface area (Å²) in [5.41, 5.74) is -1.85.